The molecule has 1 amide bonds. The molecule has 0 aliphatic heterocycles. The number of fused-ring (bicyclic) bond motifs is 2. The van der Waals surface area contributed by atoms with Gasteiger partial charge in [-0.1, -0.05) is 49.7 Å². The topological polar surface area (TPSA) is 142 Å². The first-order valence-corrected chi connectivity index (χ1v) is 15.6. The third-order valence-electron chi connectivity index (χ3n) is 9.30. The lowest BCUT2D eigenvalue weighted by atomic mass is 9.50. The molecule has 234 valence electrons. The van der Waals surface area contributed by atoms with E-state index in [2.05, 4.69) is 47.5 Å². The van der Waals surface area contributed by atoms with Crippen LogP contribution < -0.4 is 15.8 Å². The Balaban J connectivity index is 1.46. The number of aromatic nitrogens is 5. The maximum Gasteiger partial charge on any atom is 0.412 e. The minimum Gasteiger partial charge on any atom is -0.465 e. The van der Waals surface area contributed by atoms with Crippen molar-refractivity contribution >= 4 is 50.7 Å². The Labute approximate surface area is 270 Å². The highest BCUT2D eigenvalue weighted by atomic mass is 35.5. The normalized spacial score (nSPS) is 19.3. The molecule has 11 nitrogen and oxygen atoms in total. The molecule has 3 saturated carbocycles. The number of amides is 1. The largest absolute Gasteiger partial charge is 0.465 e. The van der Waals surface area contributed by atoms with Crippen LogP contribution in [0.1, 0.15) is 62.9 Å². The Morgan fingerprint density at radius 1 is 1.22 bits per heavy atom. The molecule has 5 aromatic rings. The number of carbonyl (C=O) groups is 1. The van der Waals surface area contributed by atoms with Gasteiger partial charge < -0.3 is 15.0 Å². The van der Waals surface area contributed by atoms with Crippen molar-refractivity contribution < 1.29 is 9.90 Å². The van der Waals surface area contributed by atoms with Gasteiger partial charge in [0, 0.05) is 36.8 Å². The van der Waals surface area contributed by atoms with Crippen molar-refractivity contribution in [3.05, 3.63) is 87.2 Å². The number of anilines is 2. The highest BCUT2D eigenvalue weighted by molar-refractivity contribution is 6.36. The third kappa shape index (κ3) is 4.75. The summed E-state index contributed by atoms with van der Waals surface area (Å²) in [5.74, 6) is 0.709. The molecule has 2 N–H and O–H groups in total. The molecule has 3 aromatic heterocycles. The number of nitriles is 1. The van der Waals surface area contributed by atoms with Gasteiger partial charge >= 0.3 is 6.09 Å². The van der Waals surface area contributed by atoms with Gasteiger partial charge in [-0.15, -0.1) is 5.10 Å². The van der Waals surface area contributed by atoms with Crippen LogP contribution in [-0.4, -0.2) is 42.3 Å². The van der Waals surface area contributed by atoms with Crippen LogP contribution in [0.15, 0.2) is 59.8 Å². The van der Waals surface area contributed by atoms with Gasteiger partial charge in [-0.3, -0.25) is 14.7 Å². The molecule has 2 aromatic carbocycles. The van der Waals surface area contributed by atoms with E-state index >= 15 is 0 Å². The van der Waals surface area contributed by atoms with Crippen LogP contribution in [0.5, 0.6) is 0 Å². The van der Waals surface area contributed by atoms with E-state index in [1.165, 1.54) is 15.7 Å². The molecule has 8 rings (SSSR count). The SMILES string of the molecule is Cn1ccc2c(C(c3cn(C45CC(C4)C5)nn3)N(C(=O)O)c3cc(Cl)c4ncc(C#N)c(NCC(C)(C)C)c4c3)cccc2c1=O. The summed E-state index contributed by atoms with van der Waals surface area (Å²) < 4.78 is 3.37. The van der Waals surface area contributed by atoms with Crippen LogP contribution >= 0.6 is 11.6 Å². The number of benzene rings is 2. The molecule has 1 unspecified atom stereocenters. The second-order valence-electron chi connectivity index (χ2n) is 13.8. The fourth-order valence-corrected chi connectivity index (χ4v) is 7.06. The Morgan fingerprint density at radius 3 is 2.63 bits per heavy atom. The predicted octanol–water partition coefficient (Wildman–Crippen LogP) is 6.44. The van der Waals surface area contributed by atoms with Crippen LogP contribution in [0, 0.1) is 22.7 Å². The summed E-state index contributed by atoms with van der Waals surface area (Å²) in [4.78, 5) is 32.2. The fraction of sp³-hybridized carbons (Fsp3) is 0.353. The van der Waals surface area contributed by atoms with Crippen LogP contribution in [0.3, 0.4) is 0 Å². The van der Waals surface area contributed by atoms with Crippen LogP contribution in [0.4, 0.5) is 16.2 Å². The van der Waals surface area contributed by atoms with E-state index in [0.717, 1.165) is 19.3 Å². The number of pyridine rings is 2. The lowest BCUT2D eigenvalue weighted by molar-refractivity contribution is -0.0989. The van der Waals surface area contributed by atoms with Crippen molar-refractivity contribution in [2.24, 2.45) is 18.4 Å². The summed E-state index contributed by atoms with van der Waals surface area (Å²) >= 11 is 6.83. The van der Waals surface area contributed by atoms with Gasteiger partial charge in [0.05, 0.1) is 39.2 Å². The van der Waals surface area contributed by atoms with Crippen molar-refractivity contribution in [3.63, 3.8) is 0 Å². The zero-order chi connectivity index (χ0) is 32.5. The summed E-state index contributed by atoms with van der Waals surface area (Å²) in [5, 5.41) is 35.1. The Morgan fingerprint density at radius 2 is 1.98 bits per heavy atom. The van der Waals surface area contributed by atoms with Crippen molar-refractivity contribution in [2.45, 2.75) is 51.6 Å². The van der Waals surface area contributed by atoms with Gasteiger partial charge in [0.2, 0.25) is 0 Å². The smallest absolute Gasteiger partial charge is 0.412 e. The Kier molecular flexibility index (Phi) is 6.83. The van der Waals surface area contributed by atoms with Gasteiger partial charge in [0.25, 0.3) is 5.56 Å². The summed E-state index contributed by atoms with van der Waals surface area (Å²) in [6.07, 6.45) is 6.82. The summed E-state index contributed by atoms with van der Waals surface area (Å²) in [5.41, 5.74) is 2.15. The zero-order valence-electron chi connectivity index (χ0n) is 26.0. The van der Waals surface area contributed by atoms with E-state index in [0.29, 0.717) is 56.6 Å². The number of carboxylic acid groups (broad SMARTS) is 1. The standard InChI is InChI=1S/C34H33ClN8O3/c1-33(2,3)18-38-28-20(15-36)16-37-29-25(28)10-21(11-26(29)35)43(32(45)46)30(27-17-42(40-39-27)34-12-19(13-34)14-34)23-6-5-7-24-22(23)8-9-41(4)31(24)44/h5-11,16-17,19,30H,12-14,18H2,1-4H3,(H,37,38)(H,45,46). The highest BCUT2D eigenvalue weighted by Crippen LogP contribution is 2.62. The molecule has 2 bridgehead atoms. The van der Waals surface area contributed by atoms with Crippen molar-refractivity contribution in [3.8, 4) is 6.07 Å². The molecule has 12 heteroatoms. The second kappa shape index (κ2) is 10.6. The lowest BCUT2D eigenvalue weighted by Gasteiger charge is -2.61. The molecule has 1 atom stereocenters. The highest BCUT2D eigenvalue weighted by Gasteiger charge is 2.59. The van der Waals surface area contributed by atoms with E-state index in [1.54, 1.807) is 37.5 Å². The average molecular weight is 637 g/mol. The van der Waals surface area contributed by atoms with Gasteiger partial charge in [0.1, 0.15) is 17.8 Å². The number of rotatable bonds is 7. The van der Waals surface area contributed by atoms with Gasteiger partial charge in [-0.25, -0.2) is 9.48 Å². The Bertz CT molecular complexity index is 2140. The monoisotopic (exact) mass is 636 g/mol. The number of aryl methyl sites for hydroxylation is 1. The molecule has 0 spiro atoms. The maximum absolute atomic E-state index is 13.4. The van der Waals surface area contributed by atoms with E-state index < -0.39 is 12.1 Å². The first-order valence-electron chi connectivity index (χ1n) is 15.2. The number of nitrogens with zero attached hydrogens (tertiary/aromatic N) is 7. The number of nitrogens with one attached hydrogen (secondary N) is 1. The van der Waals surface area contributed by atoms with Crippen LogP contribution in [-0.2, 0) is 12.6 Å². The molecule has 3 aliphatic carbocycles. The molecular formula is C34H33ClN8O3. The average Bonchev–Trinajstić information content (AvgIpc) is 3.43. The summed E-state index contributed by atoms with van der Waals surface area (Å²) in [6, 6.07) is 11.6. The van der Waals surface area contributed by atoms with E-state index in [4.69, 9.17) is 11.6 Å². The molecule has 3 fully saturated rings. The van der Waals surface area contributed by atoms with Crippen molar-refractivity contribution in [1.29, 1.82) is 5.26 Å². The zero-order valence-corrected chi connectivity index (χ0v) is 26.7. The molecule has 0 saturated heterocycles. The molecule has 46 heavy (non-hydrogen) atoms. The van der Waals surface area contributed by atoms with Gasteiger partial charge in [-0.05, 0) is 65.8 Å². The van der Waals surface area contributed by atoms with Gasteiger partial charge in [0.15, 0.2) is 0 Å². The van der Waals surface area contributed by atoms with Crippen molar-refractivity contribution in [2.75, 3.05) is 16.8 Å². The first kappa shape index (κ1) is 29.7. The number of hydrogen-bond donors (Lipinski definition) is 2. The summed E-state index contributed by atoms with van der Waals surface area (Å²) in [7, 11) is 1.68. The molecule has 3 aliphatic rings. The van der Waals surface area contributed by atoms with Crippen molar-refractivity contribution in [1.82, 2.24) is 24.5 Å². The predicted molar refractivity (Wildman–Crippen MR) is 176 cm³/mol. The van der Waals surface area contributed by atoms with Crippen LogP contribution in [0.25, 0.3) is 21.7 Å². The Hall–Kier alpha value is -4.95. The lowest BCUT2D eigenvalue weighted by Crippen LogP contribution is -2.59. The molecular weight excluding hydrogens is 604 g/mol. The molecule has 0 radical (unpaired) electrons. The molecule has 3 heterocycles. The maximum atomic E-state index is 13.4. The van der Waals surface area contributed by atoms with E-state index in [9.17, 15) is 20.0 Å². The number of hydrogen-bond acceptors (Lipinski definition) is 7. The number of halogens is 1. The van der Waals surface area contributed by atoms with E-state index in [1.807, 2.05) is 23.0 Å². The second-order valence-corrected chi connectivity index (χ2v) is 14.2. The minimum atomic E-state index is -1.25. The minimum absolute atomic E-state index is 0.0670. The third-order valence-corrected chi connectivity index (χ3v) is 9.59. The van der Waals surface area contributed by atoms with E-state index in [-0.39, 0.29) is 27.2 Å². The quantitative estimate of drug-likeness (QED) is 0.208. The summed E-state index contributed by atoms with van der Waals surface area (Å²) in [6.45, 7) is 6.76. The first-order chi connectivity index (χ1) is 21.9. The van der Waals surface area contributed by atoms with Crippen LogP contribution in [0.2, 0.25) is 5.02 Å². The van der Waals surface area contributed by atoms with Gasteiger partial charge in [-0.2, -0.15) is 5.26 Å². The fourth-order valence-electron chi connectivity index (χ4n) is 6.80.